The second-order valence-electron chi connectivity index (χ2n) is 8.50. The highest BCUT2D eigenvalue weighted by Crippen LogP contribution is 2.26. The van der Waals surface area contributed by atoms with E-state index in [9.17, 15) is 17.6 Å². The molecule has 34 heavy (non-hydrogen) atoms. The number of sulfonamides is 1. The number of carbonyl (C=O) groups is 1. The van der Waals surface area contributed by atoms with Crippen LogP contribution in [0.25, 0.3) is 11.4 Å². The van der Waals surface area contributed by atoms with E-state index in [4.69, 9.17) is 4.52 Å². The lowest BCUT2D eigenvalue weighted by atomic mass is 9.96. The molecule has 8 nitrogen and oxygen atoms in total. The van der Waals surface area contributed by atoms with E-state index in [0.717, 1.165) is 32.1 Å². The zero-order valence-corrected chi connectivity index (χ0v) is 19.9. The maximum atomic E-state index is 13.1. The normalized spacial score (nSPS) is 15.9. The third-order valence-electron chi connectivity index (χ3n) is 6.14. The quantitative estimate of drug-likeness (QED) is 0.533. The van der Waals surface area contributed by atoms with Crippen molar-refractivity contribution in [3.63, 3.8) is 0 Å². The average molecular weight is 487 g/mol. The molecular weight excluding hydrogens is 459 g/mol. The van der Waals surface area contributed by atoms with Crippen LogP contribution in [-0.4, -0.2) is 41.9 Å². The van der Waals surface area contributed by atoms with Crippen LogP contribution in [0.1, 0.15) is 61.3 Å². The van der Waals surface area contributed by atoms with Crippen LogP contribution in [0, 0.1) is 5.82 Å². The predicted octanol–water partition coefficient (Wildman–Crippen LogP) is 4.32. The van der Waals surface area contributed by atoms with Gasteiger partial charge in [0, 0.05) is 24.2 Å². The number of hydrogen-bond donors (Lipinski definition) is 1. The first-order chi connectivity index (χ1) is 16.3. The number of nitrogens with one attached hydrogen (secondary N) is 1. The van der Waals surface area contributed by atoms with E-state index in [1.165, 1.54) is 52.8 Å². The van der Waals surface area contributed by atoms with Crippen LogP contribution in [-0.2, 0) is 10.0 Å². The lowest BCUT2D eigenvalue weighted by molar-refractivity contribution is 0.0932. The molecule has 10 heteroatoms. The lowest BCUT2D eigenvalue weighted by Crippen LogP contribution is -2.38. The van der Waals surface area contributed by atoms with Gasteiger partial charge in [-0.2, -0.15) is 9.29 Å². The Hall–Kier alpha value is -3.11. The molecule has 0 aliphatic heterocycles. The Kier molecular flexibility index (Phi) is 7.08. The molecule has 1 fully saturated rings. The van der Waals surface area contributed by atoms with Crippen molar-refractivity contribution in [2.75, 3.05) is 7.05 Å². The number of amides is 1. The van der Waals surface area contributed by atoms with Gasteiger partial charge in [-0.3, -0.25) is 4.79 Å². The molecule has 0 spiro atoms. The van der Waals surface area contributed by atoms with Crippen molar-refractivity contribution in [2.45, 2.75) is 56.0 Å². The molecule has 180 valence electrons. The maximum Gasteiger partial charge on any atom is 0.251 e. The number of halogens is 1. The van der Waals surface area contributed by atoms with Crippen LogP contribution < -0.4 is 5.32 Å². The van der Waals surface area contributed by atoms with E-state index in [2.05, 4.69) is 15.5 Å². The Morgan fingerprint density at radius 1 is 1.09 bits per heavy atom. The van der Waals surface area contributed by atoms with Crippen molar-refractivity contribution in [3.8, 4) is 11.4 Å². The second-order valence-corrected chi connectivity index (χ2v) is 10.5. The number of carbonyl (C=O) groups excluding carboxylic acids is 1. The van der Waals surface area contributed by atoms with Gasteiger partial charge in [0.25, 0.3) is 5.91 Å². The zero-order chi connectivity index (χ0) is 24.3. The van der Waals surface area contributed by atoms with Crippen LogP contribution in [0.2, 0.25) is 0 Å². The number of rotatable bonds is 7. The lowest BCUT2D eigenvalue weighted by Gasteiger charge is -2.30. The second kappa shape index (κ2) is 10.0. The summed E-state index contributed by atoms with van der Waals surface area (Å²) in [7, 11) is -2.01. The van der Waals surface area contributed by atoms with Gasteiger partial charge in [0.05, 0.1) is 4.90 Å². The fourth-order valence-corrected chi connectivity index (χ4v) is 5.47. The highest BCUT2D eigenvalue weighted by atomic mass is 32.2. The van der Waals surface area contributed by atoms with Crippen LogP contribution in [0.4, 0.5) is 4.39 Å². The molecule has 1 aliphatic carbocycles. The molecule has 1 aromatic heterocycles. The molecule has 1 N–H and O–H groups in total. The van der Waals surface area contributed by atoms with E-state index in [1.54, 1.807) is 14.0 Å². The third-order valence-corrected chi connectivity index (χ3v) is 8.07. The molecule has 1 heterocycles. The molecule has 1 aliphatic rings. The average Bonchev–Trinajstić information content (AvgIpc) is 3.35. The monoisotopic (exact) mass is 486 g/mol. The van der Waals surface area contributed by atoms with Gasteiger partial charge in [0.1, 0.15) is 11.9 Å². The summed E-state index contributed by atoms with van der Waals surface area (Å²) < 4.78 is 45.8. The van der Waals surface area contributed by atoms with E-state index in [1.807, 2.05) is 0 Å². The first kappa shape index (κ1) is 24.0. The Labute approximate surface area is 198 Å². The van der Waals surface area contributed by atoms with E-state index in [0.29, 0.717) is 11.1 Å². The molecule has 0 radical (unpaired) electrons. The number of hydrogen-bond acceptors (Lipinski definition) is 6. The number of benzene rings is 2. The summed E-state index contributed by atoms with van der Waals surface area (Å²) in [5, 5.41) is 6.64. The van der Waals surface area contributed by atoms with Gasteiger partial charge in [-0.1, -0.05) is 24.4 Å². The van der Waals surface area contributed by atoms with Crippen molar-refractivity contribution in [1.29, 1.82) is 0 Å². The van der Waals surface area contributed by atoms with Crippen molar-refractivity contribution < 1.29 is 22.1 Å². The Morgan fingerprint density at radius 3 is 2.38 bits per heavy atom. The zero-order valence-electron chi connectivity index (χ0n) is 19.1. The highest BCUT2D eigenvalue weighted by molar-refractivity contribution is 7.89. The van der Waals surface area contributed by atoms with Gasteiger partial charge in [-0.05, 0) is 68.3 Å². The minimum atomic E-state index is -3.63. The third kappa shape index (κ3) is 5.18. The topological polar surface area (TPSA) is 105 Å². The predicted molar refractivity (Wildman–Crippen MR) is 124 cm³/mol. The Morgan fingerprint density at radius 2 is 1.74 bits per heavy atom. The summed E-state index contributed by atoms with van der Waals surface area (Å²) in [6.07, 6.45) is 4.95. The summed E-state index contributed by atoms with van der Waals surface area (Å²) >= 11 is 0. The van der Waals surface area contributed by atoms with Gasteiger partial charge in [0.2, 0.25) is 21.7 Å². The molecule has 1 saturated carbocycles. The van der Waals surface area contributed by atoms with Crippen LogP contribution in [0.3, 0.4) is 0 Å². The summed E-state index contributed by atoms with van der Waals surface area (Å²) in [5.74, 6) is -0.292. The van der Waals surface area contributed by atoms with Crippen molar-refractivity contribution in [2.24, 2.45) is 0 Å². The molecule has 1 unspecified atom stereocenters. The summed E-state index contributed by atoms with van der Waals surface area (Å²) in [4.78, 5) is 17.1. The smallest absolute Gasteiger partial charge is 0.251 e. The first-order valence-corrected chi connectivity index (χ1v) is 12.7. The van der Waals surface area contributed by atoms with Crippen LogP contribution in [0.5, 0.6) is 0 Å². The molecule has 0 saturated heterocycles. The van der Waals surface area contributed by atoms with Gasteiger partial charge in [0.15, 0.2) is 0 Å². The maximum absolute atomic E-state index is 13.1. The number of nitrogens with zero attached hydrogens (tertiary/aromatic N) is 3. The first-order valence-electron chi connectivity index (χ1n) is 11.2. The van der Waals surface area contributed by atoms with Crippen LogP contribution in [0.15, 0.2) is 57.9 Å². The highest BCUT2D eigenvalue weighted by Gasteiger charge is 2.29. The Balaban J connectivity index is 1.41. The van der Waals surface area contributed by atoms with Gasteiger partial charge in [-0.25, -0.2) is 12.8 Å². The van der Waals surface area contributed by atoms with Crippen LogP contribution >= 0.6 is 0 Å². The summed E-state index contributed by atoms with van der Waals surface area (Å²) in [6, 6.07) is 11.0. The van der Waals surface area contributed by atoms with E-state index in [-0.39, 0.29) is 28.5 Å². The standard InChI is InChI=1S/C24H27FN4O4S/c1-16(24-27-22(28-33-24)17-8-12-19(25)13-9-17)26-23(30)18-10-14-21(15-11-18)34(31,32)29(2)20-6-4-3-5-7-20/h8-16,20H,3-7H2,1-2H3,(H,26,30). The summed E-state index contributed by atoms with van der Waals surface area (Å²) in [6.45, 7) is 1.69. The summed E-state index contributed by atoms with van der Waals surface area (Å²) in [5.41, 5.74) is 0.898. The van der Waals surface area contributed by atoms with Crippen molar-refractivity contribution >= 4 is 15.9 Å². The van der Waals surface area contributed by atoms with Gasteiger partial charge >= 0.3 is 0 Å². The molecule has 2 aromatic carbocycles. The van der Waals surface area contributed by atoms with Gasteiger partial charge < -0.3 is 9.84 Å². The van der Waals surface area contributed by atoms with E-state index >= 15 is 0 Å². The molecule has 1 atom stereocenters. The minimum Gasteiger partial charge on any atom is -0.341 e. The Bertz CT molecular complexity index is 1240. The fourth-order valence-electron chi connectivity index (χ4n) is 4.05. The largest absolute Gasteiger partial charge is 0.341 e. The number of aromatic nitrogens is 2. The van der Waals surface area contributed by atoms with E-state index < -0.39 is 22.0 Å². The van der Waals surface area contributed by atoms with Crippen molar-refractivity contribution in [3.05, 3.63) is 65.8 Å². The fraction of sp³-hybridized carbons (Fsp3) is 0.375. The molecule has 3 aromatic rings. The van der Waals surface area contributed by atoms with Crippen molar-refractivity contribution in [1.82, 2.24) is 19.8 Å². The molecular formula is C24H27FN4O4S. The molecule has 4 rings (SSSR count). The molecule has 1 amide bonds. The molecule has 0 bridgehead atoms. The minimum absolute atomic E-state index is 0.0109. The SMILES string of the molecule is CC(NC(=O)c1ccc(S(=O)(=O)N(C)C2CCCCC2)cc1)c1nc(-c2ccc(F)cc2)no1. The van der Waals surface area contributed by atoms with Gasteiger partial charge in [-0.15, -0.1) is 0 Å².